The summed E-state index contributed by atoms with van der Waals surface area (Å²) in [7, 11) is 0. The number of aromatic nitrogens is 2. The molecular weight excluding hydrogens is 525 g/mol. The van der Waals surface area contributed by atoms with Crippen molar-refractivity contribution < 1.29 is 10.2 Å². The third-order valence-corrected chi connectivity index (χ3v) is 9.98. The Morgan fingerprint density at radius 2 is 1.10 bits per heavy atom. The van der Waals surface area contributed by atoms with Crippen molar-refractivity contribution in [1.29, 1.82) is 0 Å². The fourth-order valence-electron chi connectivity index (χ4n) is 6.36. The van der Waals surface area contributed by atoms with E-state index >= 15 is 0 Å². The fourth-order valence-corrected chi connectivity index (χ4v) is 7.94. The van der Waals surface area contributed by atoms with Crippen molar-refractivity contribution in [2.45, 2.75) is 95.7 Å². The molecule has 39 heavy (non-hydrogen) atoms. The summed E-state index contributed by atoms with van der Waals surface area (Å²) in [6.07, 6.45) is 13.4. The molecule has 208 valence electrons. The minimum Gasteiger partial charge on any atom is -0.388 e. The van der Waals surface area contributed by atoms with Gasteiger partial charge in [-0.15, -0.1) is 22.7 Å². The Bertz CT molecular complexity index is 1310. The van der Waals surface area contributed by atoms with E-state index in [4.69, 9.17) is 9.97 Å². The van der Waals surface area contributed by atoms with Crippen LogP contribution < -0.4 is 10.6 Å². The van der Waals surface area contributed by atoms with Crippen molar-refractivity contribution in [2.24, 2.45) is 0 Å². The van der Waals surface area contributed by atoms with Crippen LogP contribution in [0.25, 0.3) is 20.4 Å². The lowest BCUT2D eigenvalue weighted by Gasteiger charge is -2.25. The summed E-state index contributed by atoms with van der Waals surface area (Å²) >= 11 is 3.38. The molecule has 6 rings (SSSR count). The summed E-state index contributed by atoms with van der Waals surface area (Å²) in [5, 5.41) is 35.2. The number of aliphatic hydroxyl groups is 2. The number of aryl methyl sites for hydroxylation is 2. The first-order valence-electron chi connectivity index (χ1n) is 14.8. The summed E-state index contributed by atoms with van der Waals surface area (Å²) in [5.74, 6) is 0. The Labute approximate surface area is 238 Å². The van der Waals surface area contributed by atoms with Gasteiger partial charge < -0.3 is 20.8 Å². The average molecular weight is 565 g/mol. The van der Waals surface area contributed by atoms with E-state index in [1.807, 2.05) is 0 Å². The first-order chi connectivity index (χ1) is 19.2. The zero-order chi connectivity index (χ0) is 26.6. The normalized spacial score (nSPS) is 18.8. The number of rotatable bonds is 12. The maximum absolute atomic E-state index is 10.7. The number of fused-ring (bicyclic) bond motifs is 4. The molecule has 2 aliphatic carbocycles. The highest BCUT2D eigenvalue weighted by molar-refractivity contribution is 7.17. The third kappa shape index (κ3) is 5.80. The number of pyridine rings is 2. The number of aliphatic hydroxyl groups excluding tert-OH is 2. The van der Waals surface area contributed by atoms with E-state index in [0.29, 0.717) is 0 Å². The van der Waals surface area contributed by atoms with Crippen molar-refractivity contribution in [3.8, 4) is 0 Å². The molecule has 2 unspecified atom stereocenters. The predicted molar refractivity (Wildman–Crippen MR) is 164 cm³/mol. The zero-order valence-corrected chi connectivity index (χ0v) is 24.3. The number of hydrogen-bond donors (Lipinski definition) is 4. The molecular formula is C31H40N4O2S2. The number of anilines is 2. The Morgan fingerprint density at radius 1 is 0.667 bits per heavy atom. The third-order valence-electron chi connectivity index (χ3n) is 8.37. The van der Waals surface area contributed by atoms with Crippen molar-refractivity contribution in [2.75, 3.05) is 23.7 Å². The number of nitrogens with one attached hydrogen (secondary N) is 2. The standard InChI is InChI=1S/C31H40N4O2S2/c36-24-12-8-10-22-26(24)28(20-14-18-38-30(20)34-22)32-16-6-4-2-1-3-5-7-17-33-29-21-15-19-39-31(21)35-23-11-9-13-25(37)27(23)29/h14-15,18-19,24-25,36-37H,1-13,16-17H2,(H,32,34)(H,33,35). The lowest BCUT2D eigenvalue weighted by Crippen LogP contribution is -2.15. The minimum atomic E-state index is -0.396. The van der Waals surface area contributed by atoms with Gasteiger partial charge in [-0.25, -0.2) is 9.97 Å². The number of unbranched alkanes of at least 4 members (excludes halogenated alkanes) is 6. The van der Waals surface area contributed by atoms with Crippen LogP contribution in [0, 0.1) is 0 Å². The van der Waals surface area contributed by atoms with Gasteiger partial charge in [-0.05, 0) is 74.3 Å². The number of nitrogens with zero attached hydrogens (tertiary/aromatic N) is 2. The highest BCUT2D eigenvalue weighted by Gasteiger charge is 2.26. The monoisotopic (exact) mass is 564 g/mol. The smallest absolute Gasteiger partial charge is 0.125 e. The summed E-state index contributed by atoms with van der Waals surface area (Å²) in [5.41, 5.74) is 6.50. The van der Waals surface area contributed by atoms with Crippen LogP contribution >= 0.6 is 22.7 Å². The largest absolute Gasteiger partial charge is 0.388 e. The highest BCUT2D eigenvalue weighted by Crippen LogP contribution is 2.41. The van der Waals surface area contributed by atoms with E-state index in [0.717, 1.165) is 119 Å². The Kier molecular flexibility index (Phi) is 8.63. The Balaban J connectivity index is 0.911. The van der Waals surface area contributed by atoms with Gasteiger partial charge in [-0.1, -0.05) is 32.1 Å². The molecule has 0 aromatic carbocycles. The number of hydrogen-bond acceptors (Lipinski definition) is 8. The summed E-state index contributed by atoms with van der Waals surface area (Å²) in [6.45, 7) is 1.88. The maximum atomic E-state index is 10.7. The Morgan fingerprint density at radius 3 is 1.56 bits per heavy atom. The summed E-state index contributed by atoms with van der Waals surface area (Å²) in [6, 6.07) is 4.28. The maximum Gasteiger partial charge on any atom is 0.125 e. The van der Waals surface area contributed by atoms with Crippen molar-refractivity contribution in [3.05, 3.63) is 45.4 Å². The van der Waals surface area contributed by atoms with E-state index in [9.17, 15) is 10.2 Å². The lowest BCUT2D eigenvalue weighted by atomic mass is 9.91. The topological polar surface area (TPSA) is 90.3 Å². The van der Waals surface area contributed by atoms with E-state index < -0.39 is 12.2 Å². The van der Waals surface area contributed by atoms with E-state index in [1.54, 1.807) is 22.7 Å². The molecule has 4 heterocycles. The molecule has 8 heteroatoms. The van der Waals surface area contributed by atoms with Crippen molar-refractivity contribution in [1.82, 2.24) is 9.97 Å². The second-order valence-electron chi connectivity index (χ2n) is 11.1. The van der Waals surface area contributed by atoms with Gasteiger partial charge in [0, 0.05) is 46.4 Å². The summed E-state index contributed by atoms with van der Waals surface area (Å²) in [4.78, 5) is 11.8. The fraction of sp³-hybridized carbons (Fsp3) is 0.548. The molecule has 0 saturated carbocycles. The van der Waals surface area contributed by atoms with E-state index in [-0.39, 0.29) is 0 Å². The molecule has 0 spiro atoms. The molecule has 4 N–H and O–H groups in total. The van der Waals surface area contributed by atoms with Crippen molar-refractivity contribution in [3.63, 3.8) is 0 Å². The van der Waals surface area contributed by atoms with Gasteiger partial charge in [0.2, 0.25) is 0 Å². The molecule has 2 atom stereocenters. The highest BCUT2D eigenvalue weighted by atomic mass is 32.1. The van der Waals surface area contributed by atoms with Gasteiger partial charge in [0.1, 0.15) is 9.66 Å². The number of thiophene rings is 2. The van der Waals surface area contributed by atoms with E-state index in [2.05, 4.69) is 33.5 Å². The van der Waals surface area contributed by atoms with Crippen LogP contribution in [0.2, 0.25) is 0 Å². The SMILES string of the molecule is OC1CCCc2nc3sccc3c(NCCCCCCCCCNc3c4c(nc5sccc35)CCCC4O)c21. The molecule has 0 saturated heterocycles. The average Bonchev–Trinajstić information content (AvgIpc) is 3.60. The van der Waals surface area contributed by atoms with Gasteiger partial charge in [0.05, 0.1) is 23.6 Å². The second kappa shape index (κ2) is 12.5. The van der Waals surface area contributed by atoms with Crippen LogP contribution in [0.1, 0.15) is 105 Å². The molecule has 2 aliphatic rings. The first-order valence-corrected chi connectivity index (χ1v) is 16.6. The lowest BCUT2D eigenvalue weighted by molar-refractivity contribution is 0.156. The predicted octanol–water partition coefficient (Wildman–Crippen LogP) is 7.90. The zero-order valence-electron chi connectivity index (χ0n) is 22.7. The van der Waals surface area contributed by atoms with Gasteiger partial charge in [-0.3, -0.25) is 0 Å². The van der Waals surface area contributed by atoms with E-state index in [1.165, 1.54) is 32.1 Å². The molecule has 0 aliphatic heterocycles. The van der Waals surface area contributed by atoms with Crippen molar-refractivity contribution >= 4 is 54.5 Å². The van der Waals surface area contributed by atoms with Crippen LogP contribution in [-0.4, -0.2) is 33.3 Å². The van der Waals surface area contributed by atoms with Gasteiger partial charge >= 0.3 is 0 Å². The Hall–Kier alpha value is -2.26. The molecule has 4 aromatic heterocycles. The van der Waals surface area contributed by atoms with Crippen LogP contribution in [-0.2, 0) is 12.8 Å². The summed E-state index contributed by atoms with van der Waals surface area (Å²) < 4.78 is 0. The molecule has 0 radical (unpaired) electrons. The van der Waals surface area contributed by atoms with Crippen LogP contribution in [0.15, 0.2) is 22.9 Å². The molecule has 0 fully saturated rings. The molecule has 0 bridgehead atoms. The van der Waals surface area contributed by atoms with Gasteiger partial charge in [-0.2, -0.15) is 0 Å². The van der Waals surface area contributed by atoms with Crippen LogP contribution in [0.4, 0.5) is 11.4 Å². The second-order valence-corrected chi connectivity index (χ2v) is 12.9. The van der Waals surface area contributed by atoms with Gasteiger partial charge in [0.25, 0.3) is 0 Å². The molecule has 0 amide bonds. The minimum absolute atomic E-state index is 0.396. The molecule has 4 aromatic rings. The first kappa shape index (κ1) is 26.9. The molecule has 6 nitrogen and oxygen atoms in total. The van der Waals surface area contributed by atoms with Crippen LogP contribution in [0.5, 0.6) is 0 Å². The quantitative estimate of drug-likeness (QED) is 0.131. The van der Waals surface area contributed by atoms with Crippen LogP contribution in [0.3, 0.4) is 0 Å². The van der Waals surface area contributed by atoms with Gasteiger partial charge in [0.15, 0.2) is 0 Å².